The van der Waals surface area contributed by atoms with Crippen LogP contribution in [0.2, 0.25) is 5.02 Å². The number of halogens is 1. The van der Waals surface area contributed by atoms with E-state index in [1.165, 1.54) is 12.1 Å². The number of methoxy groups -OCH3 is 2. The number of hydrogen-bond acceptors (Lipinski definition) is 7. The second-order valence-electron chi connectivity index (χ2n) is 8.60. The standard InChI is InChI=1S/C25H33ClN4O5S/c1-17(2)25(16-27,18-6-9-21(34-3)22(14-18)35-4)10-5-11-29-12-13-30-24(31)20-8-7-19(26)15-23(20)36(28,32)33/h6-9,14-15,17,29H,5,10-13H2,1-4H3,(H,30,31)(H2,28,32,33)/t25-/m1/s1. The monoisotopic (exact) mass is 536 g/mol. The summed E-state index contributed by atoms with van der Waals surface area (Å²) in [6.45, 7) is 5.41. The molecule has 2 rings (SSSR count). The van der Waals surface area contributed by atoms with Gasteiger partial charge in [0, 0.05) is 18.1 Å². The van der Waals surface area contributed by atoms with Gasteiger partial charge in [0.1, 0.15) is 0 Å². The molecule has 0 aliphatic rings. The van der Waals surface area contributed by atoms with Crippen LogP contribution < -0.4 is 25.2 Å². The van der Waals surface area contributed by atoms with Crippen molar-refractivity contribution in [1.29, 1.82) is 5.26 Å². The Morgan fingerprint density at radius 3 is 2.39 bits per heavy atom. The van der Waals surface area contributed by atoms with Crippen LogP contribution in [0.15, 0.2) is 41.3 Å². The molecule has 0 bridgehead atoms. The molecule has 0 heterocycles. The Bertz CT molecular complexity index is 1210. The topological polar surface area (TPSA) is 144 Å². The van der Waals surface area contributed by atoms with E-state index in [0.29, 0.717) is 31.0 Å². The van der Waals surface area contributed by atoms with Crippen LogP contribution in [0, 0.1) is 17.2 Å². The molecule has 0 aliphatic carbocycles. The quantitative estimate of drug-likeness (QED) is 0.333. The average Bonchev–Trinajstić information content (AvgIpc) is 2.84. The number of nitriles is 1. The number of sulfonamides is 1. The van der Waals surface area contributed by atoms with Crippen LogP contribution in [0.5, 0.6) is 11.5 Å². The molecule has 11 heteroatoms. The van der Waals surface area contributed by atoms with Crippen LogP contribution >= 0.6 is 11.6 Å². The zero-order valence-corrected chi connectivity index (χ0v) is 22.5. The fourth-order valence-electron chi connectivity index (χ4n) is 4.03. The van der Waals surface area contributed by atoms with E-state index < -0.39 is 21.3 Å². The summed E-state index contributed by atoms with van der Waals surface area (Å²) in [4.78, 5) is 12.1. The summed E-state index contributed by atoms with van der Waals surface area (Å²) in [5.41, 5.74) is 0.111. The van der Waals surface area contributed by atoms with Crippen LogP contribution in [0.1, 0.15) is 42.6 Å². The van der Waals surface area contributed by atoms with Crippen molar-refractivity contribution in [3.8, 4) is 17.6 Å². The molecule has 2 aromatic carbocycles. The number of nitrogens with one attached hydrogen (secondary N) is 2. The highest BCUT2D eigenvalue weighted by molar-refractivity contribution is 7.89. The van der Waals surface area contributed by atoms with Gasteiger partial charge in [-0.15, -0.1) is 0 Å². The SMILES string of the molecule is COc1ccc([C@@](C#N)(CCCNCCNC(=O)c2ccc(Cl)cc2S(N)(=O)=O)C(C)C)cc1OC. The second-order valence-corrected chi connectivity index (χ2v) is 10.6. The van der Waals surface area contributed by atoms with E-state index in [1.807, 2.05) is 32.0 Å². The minimum atomic E-state index is -4.10. The number of amides is 1. The lowest BCUT2D eigenvalue weighted by Crippen LogP contribution is -2.35. The number of nitrogens with zero attached hydrogens (tertiary/aromatic N) is 1. The van der Waals surface area contributed by atoms with Crippen molar-refractivity contribution in [1.82, 2.24) is 10.6 Å². The Morgan fingerprint density at radius 2 is 1.81 bits per heavy atom. The molecule has 4 N–H and O–H groups in total. The van der Waals surface area contributed by atoms with Crippen molar-refractivity contribution in [2.75, 3.05) is 33.9 Å². The molecule has 196 valence electrons. The number of hydrogen-bond donors (Lipinski definition) is 3. The van der Waals surface area contributed by atoms with Gasteiger partial charge in [-0.2, -0.15) is 5.26 Å². The van der Waals surface area contributed by atoms with E-state index in [-0.39, 0.29) is 27.9 Å². The Hall–Kier alpha value is -2.84. The maximum absolute atomic E-state index is 12.5. The van der Waals surface area contributed by atoms with Crippen molar-refractivity contribution in [2.45, 2.75) is 37.0 Å². The third-order valence-electron chi connectivity index (χ3n) is 6.09. The van der Waals surface area contributed by atoms with Gasteiger partial charge in [0.25, 0.3) is 5.91 Å². The van der Waals surface area contributed by atoms with Gasteiger partial charge in [0.05, 0.1) is 36.2 Å². The molecule has 0 saturated heterocycles. The number of ether oxygens (including phenoxy) is 2. The Balaban J connectivity index is 1.93. The molecule has 0 aliphatic heterocycles. The molecule has 0 saturated carbocycles. The number of nitrogens with two attached hydrogens (primary N) is 1. The first kappa shape index (κ1) is 29.4. The molecule has 1 atom stereocenters. The third kappa shape index (κ3) is 7.11. The largest absolute Gasteiger partial charge is 0.493 e. The number of rotatable bonds is 13. The molecule has 0 radical (unpaired) electrons. The van der Waals surface area contributed by atoms with Gasteiger partial charge in [-0.1, -0.05) is 31.5 Å². The molecule has 0 aromatic heterocycles. The van der Waals surface area contributed by atoms with E-state index in [9.17, 15) is 18.5 Å². The van der Waals surface area contributed by atoms with Crippen LogP contribution in [-0.2, 0) is 15.4 Å². The summed E-state index contributed by atoms with van der Waals surface area (Å²) in [6, 6.07) is 12.0. The van der Waals surface area contributed by atoms with Crippen molar-refractivity contribution in [3.63, 3.8) is 0 Å². The van der Waals surface area contributed by atoms with Gasteiger partial charge in [0.2, 0.25) is 10.0 Å². The maximum Gasteiger partial charge on any atom is 0.252 e. The molecular formula is C25H33ClN4O5S. The van der Waals surface area contributed by atoms with Gasteiger partial charge in [-0.25, -0.2) is 13.6 Å². The van der Waals surface area contributed by atoms with Gasteiger partial charge in [0.15, 0.2) is 11.5 Å². The molecule has 2 aromatic rings. The highest BCUT2D eigenvalue weighted by atomic mass is 35.5. The minimum absolute atomic E-state index is 0.0623. The lowest BCUT2D eigenvalue weighted by atomic mass is 9.70. The first-order valence-electron chi connectivity index (χ1n) is 11.4. The summed E-state index contributed by atoms with van der Waals surface area (Å²) >= 11 is 5.84. The fraction of sp³-hybridized carbons (Fsp3) is 0.440. The van der Waals surface area contributed by atoms with Crippen LogP contribution in [0.4, 0.5) is 0 Å². The summed E-state index contributed by atoms with van der Waals surface area (Å²) < 4.78 is 34.3. The molecule has 0 fully saturated rings. The second kappa shape index (κ2) is 12.9. The summed E-state index contributed by atoms with van der Waals surface area (Å²) in [5.74, 6) is 0.687. The predicted octanol–water partition coefficient (Wildman–Crippen LogP) is 3.22. The molecule has 36 heavy (non-hydrogen) atoms. The third-order valence-corrected chi connectivity index (χ3v) is 7.28. The molecule has 9 nitrogen and oxygen atoms in total. The highest BCUT2D eigenvalue weighted by Gasteiger charge is 2.36. The zero-order valence-electron chi connectivity index (χ0n) is 20.9. The van der Waals surface area contributed by atoms with Gasteiger partial charge in [-0.05, 0) is 61.2 Å². The first-order valence-corrected chi connectivity index (χ1v) is 13.4. The highest BCUT2D eigenvalue weighted by Crippen LogP contribution is 2.40. The first-order chi connectivity index (χ1) is 17.0. The van der Waals surface area contributed by atoms with E-state index in [1.54, 1.807) is 14.2 Å². The smallest absolute Gasteiger partial charge is 0.252 e. The maximum atomic E-state index is 12.5. The minimum Gasteiger partial charge on any atom is -0.493 e. The molecule has 1 amide bonds. The van der Waals surface area contributed by atoms with E-state index in [4.69, 9.17) is 26.2 Å². The van der Waals surface area contributed by atoms with Gasteiger partial charge >= 0.3 is 0 Å². The summed E-state index contributed by atoms with van der Waals surface area (Å²) in [5, 5.41) is 21.4. The number of primary sulfonamides is 1. The van der Waals surface area contributed by atoms with Crippen molar-refractivity contribution in [3.05, 3.63) is 52.5 Å². The lowest BCUT2D eigenvalue weighted by molar-refractivity contribution is 0.0950. The van der Waals surface area contributed by atoms with E-state index in [2.05, 4.69) is 16.7 Å². The lowest BCUT2D eigenvalue weighted by Gasteiger charge is -2.32. The number of carbonyl (C=O) groups excluding carboxylic acids is 1. The molecule has 0 unspecified atom stereocenters. The Morgan fingerprint density at radius 1 is 1.11 bits per heavy atom. The molecular weight excluding hydrogens is 504 g/mol. The van der Waals surface area contributed by atoms with Gasteiger partial charge < -0.3 is 20.1 Å². The summed E-state index contributed by atoms with van der Waals surface area (Å²) in [6.07, 6.45) is 1.35. The predicted molar refractivity (Wildman–Crippen MR) is 139 cm³/mol. The Labute approximate surface area is 218 Å². The number of benzene rings is 2. The van der Waals surface area contributed by atoms with E-state index >= 15 is 0 Å². The normalized spacial score (nSPS) is 13.1. The van der Waals surface area contributed by atoms with E-state index in [0.717, 1.165) is 18.1 Å². The van der Waals surface area contributed by atoms with Crippen molar-refractivity contribution < 1.29 is 22.7 Å². The Kier molecular flexibility index (Phi) is 10.5. The molecule has 0 spiro atoms. The van der Waals surface area contributed by atoms with Gasteiger partial charge in [-0.3, -0.25) is 4.79 Å². The number of carbonyl (C=O) groups is 1. The zero-order chi connectivity index (χ0) is 26.9. The van der Waals surface area contributed by atoms with Crippen molar-refractivity contribution in [2.24, 2.45) is 11.1 Å². The fourth-order valence-corrected chi connectivity index (χ4v) is 5.02. The van der Waals surface area contributed by atoms with Crippen molar-refractivity contribution >= 4 is 27.5 Å². The average molecular weight is 537 g/mol. The van der Waals surface area contributed by atoms with Crippen LogP contribution in [0.3, 0.4) is 0 Å². The summed E-state index contributed by atoms with van der Waals surface area (Å²) in [7, 11) is -0.965. The van der Waals surface area contributed by atoms with Crippen LogP contribution in [-0.4, -0.2) is 48.2 Å². The van der Waals surface area contributed by atoms with Crippen LogP contribution in [0.25, 0.3) is 0 Å².